The third-order valence-electron chi connectivity index (χ3n) is 4.48. The molecule has 0 spiro atoms. The number of hydrogen-bond acceptors (Lipinski definition) is 7. The number of carbonyl (C=O) groups is 1. The molecule has 1 fully saturated rings. The van der Waals surface area contributed by atoms with Crippen molar-refractivity contribution >= 4 is 32.4 Å². The molecule has 2 aromatic rings. The third-order valence-corrected chi connectivity index (χ3v) is 6.23. The summed E-state index contributed by atoms with van der Waals surface area (Å²) in [5.74, 6) is 0.405. The topological polar surface area (TPSA) is 125 Å². The van der Waals surface area contributed by atoms with E-state index in [1.54, 1.807) is 25.8 Å². The summed E-state index contributed by atoms with van der Waals surface area (Å²) in [5, 5.41) is 9.71. The van der Waals surface area contributed by atoms with Crippen LogP contribution in [0.2, 0.25) is 0 Å². The van der Waals surface area contributed by atoms with Gasteiger partial charge in [-0.2, -0.15) is 5.10 Å². The number of anilines is 1. The number of furan rings is 1. The maximum Gasteiger partial charge on any atom is 0.277 e. The summed E-state index contributed by atoms with van der Waals surface area (Å²) in [5.41, 5.74) is 0.160. The molecule has 10 heteroatoms. The average Bonchev–Trinajstić information content (AvgIpc) is 3.03. The van der Waals surface area contributed by atoms with Gasteiger partial charge >= 0.3 is 0 Å². The SMILES string of the molecule is Cc1n[nH]c(=O)c2c(NC(=O)CN(C)[C@@H]3CCS(=O)(=O)C3)oc(C)c12. The number of nitrogens with zero attached hydrogens (tertiary/aromatic N) is 2. The predicted molar refractivity (Wildman–Crippen MR) is 92.4 cm³/mol. The molecule has 0 unspecified atom stereocenters. The van der Waals surface area contributed by atoms with Crippen LogP contribution in [0.25, 0.3) is 10.8 Å². The summed E-state index contributed by atoms with van der Waals surface area (Å²) in [6.07, 6.45) is 0.513. The maximum atomic E-state index is 12.3. The monoisotopic (exact) mass is 368 g/mol. The maximum absolute atomic E-state index is 12.3. The van der Waals surface area contributed by atoms with Crippen LogP contribution in [0.4, 0.5) is 5.88 Å². The third kappa shape index (κ3) is 3.45. The molecule has 1 aliphatic heterocycles. The van der Waals surface area contributed by atoms with Crippen molar-refractivity contribution in [1.82, 2.24) is 15.1 Å². The van der Waals surface area contributed by atoms with Crippen LogP contribution in [0, 0.1) is 13.8 Å². The van der Waals surface area contributed by atoms with Crippen molar-refractivity contribution in [2.75, 3.05) is 30.4 Å². The standard InChI is InChI=1S/C15H20N4O5S/c1-8-12-9(2)24-15(13(12)14(21)18-17-8)16-11(20)6-19(3)10-4-5-25(22,23)7-10/h10H,4-7H2,1-3H3,(H,16,20)(H,18,21)/t10-/m1/s1. The van der Waals surface area contributed by atoms with E-state index in [0.717, 1.165) is 0 Å². The summed E-state index contributed by atoms with van der Waals surface area (Å²) in [6, 6.07) is -0.180. The molecule has 136 valence electrons. The fourth-order valence-electron chi connectivity index (χ4n) is 3.18. The highest BCUT2D eigenvalue weighted by Gasteiger charge is 2.31. The lowest BCUT2D eigenvalue weighted by Gasteiger charge is -2.21. The van der Waals surface area contributed by atoms with Gasteiger partial charge in [0, 0.05) is 6.04 Å². The Bertz CT molecular complexity index is 991. The molecule has 2 N–H and O–H groups in total. The van der Waals surface area contributed by atoms with Crippen molar-refractivity contribution in [3.63, 3.8) is 0 Å². The van der Waals surface area contributed by atoms with Crippen molar-refractivity contribution in [3.05, 3.63) is 21.8 Å². The Hall–Kier alpha value is -2.20. The minimum atomic E-state index is -3.02. The number of hydrogen-bond donors (Lipinski definition) is 2. The number of aromatic amines is 1. The number of aryl methyl sites for hydroxylation is 2. The van der Waals surface area contributed by atoms with E-state index in [4.69, 9.17) is 4.42 Å². The van der Waals surface area contributed by atoms with Crippen molar-refractivity contribution < 1.29 is 17.6 Å². The number of H-pyrrole nitrogens is 1. The Morgan fingerprint density at radius 3 is 2.76 bits per heavy atom. The van der Waals surface area contributed by atoms with E-state index >= 15 is 0 Å². The molecule has 3 rings (SSSR count). The predicted octanol–water partition coefficient (Wildman–Crippen LogP) is 0.190. The van der Waals surface area contributed by atoms with Crippen LogP contribution in [-0.4, -0.2) is 60.6 Å². The normalized spacial score (nSPS) is 19.6. The second kappa shape index (κ2) is 6.26. The molecular formula is C15H20N4O5S. The van der Waals surface area contributed by atoms with Crippen LogP contribution >= 0.6 is 0 Å². The molecule has 0 saturated carbocycles. The summed E-state index contributed by atoms with van der Waals surface area (Å²) in [4.78, 5) is 26.0. The number of aromatic nitrogens is 2. The van der Waals surface area contributed by atoms with E-state index in [-0.39, 0.29) is 41.3 Å². The molecule has 0 aliphatic carbocycles. The summed E-state index contributed by atoms with van der Waals surface area (Å²) < 4.78 is 28.6. The highest BCUT2D eigenvalue weighted by Crippen LogP contribution is 2.28. The van der Waals surface area contributed by atoms with Gasteiger partial charge in [0.05, 0.1) is 29.1 Å². The molecule has 0 aromatic carbocycles. The Morgan fingerprint density at radius 2 is 2.12 bits per heavy atom. The Balaban J connectivity index is 1.77. The highest BCUT2D eigenvalue weighted by molar-refractivity contribution is 7.91. The molecule has 1 amide bonds. The van der Waals surface area contributed by atoms with E-state index in [0.29, 0.717) is 23.3 Å². The molecule has 1 saturated heterocycles. The minimum Gasteiger partial charge on any atom is -0.444 e. The fraction of sp³-hybridized carbons (Fsp3) is 0.533. The van der Waals surface area contributed by atoms with Gasteiger partial charge in [0.1, 0.15) is 11.1 Å². The van der Waals surface area contributed by atoms with Gasteiger partial charge in [0.2, 0.25) is 11.8 Å². The Kier molecular flexibility index (Phi) is 4.41. The smallest absolute Gasteiger partial charge is 0.277 e. The minimum absolute atomic E-state index is 0.00337. The van der Waals surface area contributed by atoms with E-state index in [2.05, 4.69) is 15.5 Å². The number of amides is 1. The fourth-order valence-corrected chi connectivity index (χ4v) is 4.98. The summed E-state index contributed by atoms with van der Waals surface area (Å²) in [6.45, 7) is 3.44. The Morgan fingerprint density at radius 1 is 1.40 bits per heavy atom. The molecule has 3 heterocycles. The largest absolute Gasteiger partial charge is 0.444 e. The first-order valence-electron chi connectivity index (χ1n) is 7.87. The quantitative estimate of drug-likeness (QED) is 0.789. The molecule has 0 radical (unpaired) electrons. The lowest BCUT2D eigenvalue weighted by Crippen LogP contribution is -2.38. The molecule has 25 heavy (non-hydrogen) atoms. The average molecular weight is 368 g/mol. The van der Waals surface area contributed by atoms with Crippen LogP contribution in [0.15, 0.2) is 9.21 Å². The molecular weight excluding hydrogens is 348 g/mol. The van der Waals surface area contributed by atoms with Crippen molar-refractivity contribution in [3.8, 4) is 0 Å². The van der Waals surface area contributed by atoms with Gasteiger partial charge in [-0.25, -0.2) is 13.5 Å². The second-order valence-corrected chi connectivity index (χ2v) is 8.62. The van der Waals surface area contributed by atoms with Gasteiger partial charge in [-0.15, -0.1) is 0 Å². The van der Waals surface area contributed by atoms with Gasteiger partial charge in [-0.05, 0) is 27.3 Å². The van der Waals surface area contributed by atoms with Crippen molar-refractivity contribution in [2.45, 2.75) is 26.3 Å². The number of fused-ring (bicyclic) bond motifs is 1. The van der Waals surface area contributed by atoms with Crippen LogP contribution in [0.3, 0.4) is 0 Å². The van der Waals surface area contributed by atoms with Gasteiger partial charge in [-0.1, -0.05) is 0 Å². The van der Waals surface area contributed by atoms with E-state index in [1.165, 1.54) is 0 Å². The van der Waals surface area contributed by atoms with Crippen molar-refractivity contribution in [2.24, 2.45) is 0 Å². The van der Waals surface area contributed by atoms with Crippen LogP contribution in [0.1, 0.15) is 17.9 Å². The highest BCUT2D eigenvalue weighted by atomic mass is 32.2. The zero-order chi connectivity index (χ0) is 18.4. The van der Waals surface area contributed by atoms with Crippen molar-refractivity contribution in [1.29, 1.82) is 0 Å². The lowest BCUT2D eigenvalue weighted by molar-refractivity contribution is -0.117. The van der Waals surface area contributed by atoms with Gasteiger partial charge in [0.25, 0.3) is 5.56 Å². The first-order chi connectivity index (χ1) is 11.7. The van der Waals surface area contributed by atoms with Gasteiger partial charge in [0.15, 0.2) is 9.84 Å². The van der Waals surface area contributed by atoms with Crippen LogP contribution in [-0.2, 0) is 14.6 Å². The number of sulfone groups is 1. The second-order valence-electron chi connectivity index (χ2n) is 6.40. The number of likely N-dealkylation sites (N-methyl/N-ethyl adjacent to an activating group) is 1. The lowest BCUT2D eigenvalue weighted by atomic mass is 10.2. The van der Waals surface area contributed by atoms with Gasteiger partial charge < -0.3 is 4.42 Å². The molecule has 2 aromatic heterocycles. The molecule has 1 atom stereocenters. The summed E-state index contributed by atoms with van der Waals surface area (Å²) in [7, 11) is -1.31. The van der Waals surface area contributed by atoms with E-state index in [1.807, 2.05) is 0 Å². The van der Waals surface area contributed by atoms with Crippen LogP contribution < -0.4 is 10.9 Å². The molecule has 9 nitrogen and oxygen atoms in total. The summed E-state index contributed by atoms with van der Waals surface area (Å²) >= 11 is 0. The number of rotatable bonds is 4. The van der Waals surface area contributed by atoms with Gasteiger partial charge in [-0.3, -0.25) is 19.8 Å². The van der Waals surface area contributed by atoms with E-state index < -0.39 is 15.4 Å². The molecule has 1 aliphatic rings. The number of carbonyl (C=O) groups excluding carboxylic acids is 1. The number of nitrogens with one attached hydrogen (secondary N) is 2. The van der Waals surface area contributed by atoms with Crippen LogP contribution in [0.5, 0.6) is 0 Å². The molecule has 0 bridgehead atoms. The zero-order valence-electron chi connectivity index (χ0n) is 14.2. The first-order valence-corrected chi connectivity index (χ1v) is 9.69. The first kappa shape index (κ1) is 17.6. The Labute approximate surface area is 144 Å². The zero-order valence-corrected chi connectivity index (χ0v) is 15.1. The van der Waals surface area contributed by atoms with E-state index in [9.17, 15) is 18.0 Å².